The molecule has 1 aromatic rings. The Morgan fingerprint density at radius 1 is 1.41 bits per heavy atom. The van der Waals surface area contributed by atoms with E-state index in [1.54, 1.807) is 18.2 Å². The molecule has 5 heteroatoms. The Morgan fingerprint density at radius 2 is 2.06 bits per heavy atom. The summed E-state index contributed by atoms with van der Waals surface area (Å²) in [5, 5.41) is 11.7. The van der Waals surface area contributed by atoms with Crippen LogP contribution in [0.5, 0.6) is 0 Å². The number of hydrogen-bond donors (Lipinski definition) is 0. The van der Waals surface area contributed by atoms with Crippen molar-refractivity contribution >= 4 is 29.3 Å². The van der Waals surface area contributed by atoms with Crippen molar-refractivity contribution in [3.05, 3.63) is 49.6 Å². The second kappa shape index (κ2) is 6.03. The van der Waals surface area contributed by atoms with Gasteiger partial charge in [0, 0.05) is 12.5 Å². The topological polar surface area (TPSA) is 43.1 Å². The molecule has 0 N–H and O–H groups in total. The van der Waals surface area contributed by atoms with Crippen molar-refractivity contribution < 1.29 is 4.92 Å². The summed E-state index contributed by atoms with van der Waals surface area (Å²) in [7, 11) is 0. The molecule has 3 nitrogen and oxygen atoms in total. The van der Waals surface area contributed by atoms with E-state index < -0.39 is 0 Å². The zero-order valence-corrected chi connectivity index (χ0v) is 11.1. The van der Waals surface area contributed by atoms with Gasteiger partial charge in [0.1, 0.15) is 0 Å². The van der Waals surface area contributed by atoms with Gasteiger partial charge < -0.3 is 0 Å². The lowest BCUT2D eigenvalue weighted by Gasteiger charge is -2.03. The van der Waals surface area contributed by atoms with Gasteiger partial charge in [0.15, 0.2) is 0 Å². The maximum Gasteiger partial charge on any atom is 0.247 e. The Kier molecular flexibility index (Phi) is 4.97. The van der Waals surface area contributed by atoms with Gasteiger partial charge in [-0.1, -0.05) is 43.1 Å². The highest BCUT2D eigenvalue weighted by Crippen LogP contribution is 2.24. The quantitative estimate of drug-likeness (QED) is 0.592. The fraction of sp³-hybridized carbons (Fsp3) is 0.333. The van der Waals surface area contributed by atoms with Crippen LogP contribution in [0, 0.1) is 16.0 Å². The fourth-order valence-electron chi connectivity index (χ4n) is 1.40. The average molecular weight is 274 g/mol. The highest BCUT2D eigenvalue weighted by atomic mass is 35.5. The van der Waals surface area contributed by atoms with Crippen LogP contribution in [0.3, 0.4) is 0 Å². The summed E-state index contributed by atoms with van der Waals surface area (Å²) in [5.41, 5.74) is 0.866. The molecule has 0 amide bonds. The molecule has 1 aromatic carbocycles. The maximum atomic E-state index is 10.9. The summed E-state index contributed by atoms with van der Waals surface area (Å²) in [4.78, 5) is 10.5. The summed E-state index contributed by atoms with van der Waals surface area (Å²) < 4.78 is 0. The molecule has 0 aliphatic rings. The summed E-state index contributed by atoms with van der Waals surface area (Å²) in [6.07, 6.45) is 1.95. The molecule has 0 heterocycles. The van der Waals surface area contributed by atoms with Gasteiger partial charge in [-0.2, -0.15) is 0 Å². The van der Waals surface area contributed by atoms with Crippen LogP contribution in [0.2, 0.25) is 10.0 Å². The molecule has 0 radical (unpaired) electrons. The molecule has 0 saturated heterocycles. The highest BCUT2D eigenvalue weighted by Gasteiger charge is 2.13. The number of halogens is 2. The van der Waals surface area contributed by atoms with E-state index >= 15 is 0 Å². The standard InChI is InChI=1S/C12H13Cl2NO2/c1-8(2)5-10(15(16)17)6-9-3-4-11(13)12(14)7-9/h3-4,6-8H,5H2,1-2H3. The SMILES string of the molecule is CC(C)CC(=Cc1ccc(Cl)c(Cl)c1)[N+](=O)[O-]. The van der Waals surface area contributed by atoms with Gasteiger partial charge in [-0.3, -0.25) is 10.1 Å². The lowest BCUT2D eigenvalue weighted by atomic mass is 10.1. The van der Waals surface area contributed by atoms with Gasteiger partial charge in [0.25, 0.3) is 0 Å². The zero-order chi connectivity index (χ0) is 13.0. The monoisotopic (exact) mass is 273 g/mol. The van der Waals surface area contributed by atoms with Gasteiger partial charge in [0.05, 0.1) is 15.0 Å². The number of nitrogens with zero attached hydrogens (tertiary/aromatic N) is 1. The summed E-state index contributed by atoms with van der Waals surface area (Å²) in [5.74, 6) is 0.231. The van der Waals surface area contributed by atoms with Crippen molar-refractivity contribution in [2.24, 2.45) is 5.92 Å². The van der Waals surface area contributed by atoms with E-state index in [0.29, 0.717) is 22.0 Å². The van der Waals surface area contributed by atoms with E-state index in [-0.39, 0.29) is 16.5 Å². The smallest absolute Gasteiger partial charge is 0.247 e. The Bertz CT molecular complexity index is 456. The lowest BCUT2D eigenvalue weighted by molar-refractivity contribution is -0.427. The minimum absolute atomic E-state index is 0.179. The van der Waals surface area contributed by atoms with Gasteiger partial charge in [-0.05, 0) is 23.6 Å². The number of rotatable bonds is 4. The summed E-state index contributed by atoms with van der Waals surface area (Å²) in [6.45, 7) is 3.87. The summed E-state index contributed by atoms with van der Waals surface area (Å²) in [6, 6.07) is 4.95. The summed E-state index contributed by atoms with van der Waals surface area (Å²) >= 11 is 11.6. The van der Waals surface area contributed by atoms with Crippen molar-refractivity contribution in [3.8, 4) is 0 Å². The first-order valence-electron chi connectivity index (χ1n) is 5.20. The minimum Gasteiger partial charge on any atom is -0.259 e. The Hall–Kier alpha value is -1.06. The molecule has 0 unspecified atom stereocenters. The fourth-order valence-corrected chi connectivity index (χ4v) is 1.71. The van der Waals surface area contributed by atoms with Crippen LogP contribution in [0.4, 0.5) is 0 Å². The molecule has 17 heavy (non-hydrogen) atoms. The normalized spacial score (nSPS) is 11.9. The highest BCUT2D eigenvalue weighted by molar-refractivity contribution is 6.42. The molecule has 0 aliphatic carbocycles. The number of nitro groups is 1. The third kappa shape index (κ3) is 4.36. The zero-order valence-electron chi connectivity index (χ0n) is 9.61. The molecular weight excluding hydrogens is 261 g/mol. The van der Waals surface area contributed by atoms with E-state index in [2.05, 4.69) is 0 Å². The van der Waals surface area contributed by atoms with Gasteiger partial charge in [-0.25, -0.2) is 0 Å². The third-order valence-electron chi connectivity index (χ3n) is 2.13. The van der Waals surface area contributed by atoms with E-state index in [1.165, 1.54) is 6.08 Å². The molecule has 0 fully saturated rings. The molecule has 0 saturated carbocycles. The van der Waals surface area contributed by atoms with Crippen LogP contribution in [0.15, 0.2) is 23.9 Å². The minimum atomic E-state index is -0.359. The van der Waals surface area contributed by atoms with Crippen molar-refractivity contribution in [3.63, 3.8) is 0 Å². The first-order chi connectivity index (χ1) is 7.90. The van der Waals surface area contributed by atoms with Crippen LogP contribution >= 0.6 is 23.2 Å². The Labute approximate surface area is 110 Å². The van der Waals surface area contributed by atoms with Crippen LogP contribution in [-0.4, -0.2) is 4.92 Å². The van der Waals surface area contributed by atoms with Crippen LogP contribution < -0.4 is 0 Å². The van der Waals surface area contributed by atoms with E-state index in [9.17, 15) is 10.1 Å². The van der Waals surface area contributed by atoms with E-state index in [0.717, 1.165) is 0 Å². The molecule has 0 aliphatic heterocycles. The first-order valence-corrected chi connectivity index (χ1v) is 5.95. The van der Waals surface area contributed by atoms with Gasteiger partial charge in [0.2, 0.25) is 5.70 Å². The second-order valence-corrected chi connectivity index (χ2v) is 4.98. The molecule has 0 atom stereocenters. The van der Waals surface area contributed by atoms with Crippen LogP contribution in [-0.2, 0) is 0 Å². The first kappa shape index (κ1) is 14.0. The Balaban J connectivity index is 3.04. The Morgan fingerprint density at radius 3 is 2.53 bits per heavy atom. The third-order valence-corrected chi connectivity index (χ3v) is 2.87. The molecular formula is C12H13Cl2NO2. The van der Waals surface area contributed by atoms with E-state index in [4.69, 9.17) is 23.2 Å². The van der Waals surface area contributed by atoms with Crippen molar-refractivity contribution in [2.45, 2.75) is 20.3 Å². The van der Waals surface area contributed by atoms with Crippen LogP contribution in [0.25, 0.3) is 6.08 Å². The van der Waals surface area contributed by atoms with Gasteiger partial charge in [-0.15, -0.1) is 0 Å². The van der Waals surface area contributed by atoms with Crippen molar-refractivity contribution in [2.75, 3.05) is 0 Å². The predicted molar refractivity (Wildman–Crippen MR) is 70.9 cm³/mol. The van der Waals surface area contributed by atoms with Crippen LogP contribution in [0.1, 0.15) is 25.8 Å². The molecule has 0 spiro atoms. The predicted octanol–water partition coefficient (Wildman–Crippen LogP) is 4.66. The second-order valence-electron chi connectivity index (χ2n) is 4.16. The molecule has 1 rings (SSSR count). The van der Waals surface area contributed by atoms with Crippen molar-refractivity contribution in [1.82, 2.24) is 0 Å². The largest absolute Gasteiger partial charge is 0.259 e. The molecule has 0 bridgehead atoms. The van der Waals surface area contributed by atoms with Gasteiger partial charge >= 0.3 is 0 Å². The number of allylic oxidation sites excluding steroid dienone is 1. The maximum absolute atomic E-state index is 10.9. The molecule has 92 valence electrons. The molecule has 0 aromatic heterocycles. The number of benzene rings is 1. The van der Waals surface area contributed by atoms with E-state index in [1.807, 2.05) is 13.8 Å². The van der Waals surface area contributed by atoms with Crippen molar-refractivity contribution in [1.29, 1.82) is 0 Å². The average Bonchev–Trinajstić information content (AvgIpc) is 2.21. The number of hydrogen-bond acceptors (Lipinski definition) is 2. The lowest BCUT2D eigenvalue weighted by Crippen LogP contribution is -2.02.